The summed E-state index contributed by atoms with van der Waals surface area (Å²) in [5.74, 6) is -0.113. The summed E-state index contributed by atoms with van der Waals surface area (Å²) in [6.07, 6.45) is 3.00. The van der Waals surface area contributed by atoms with Crippen LogP contribution in [0, 0.1) is 16.0 Å². The third kappa shape index (κ3) is 3.87. The molecule has 1 fully saturated rings. The number of hydrogen-bond acceptors (Lipinski definition) is 6. The van der Waals surface area contributed by atoms with Crippen LogP contribution in [0.5, 0.6) is 0 Å². The molecule has 1 N–H and O–H groups in total. The van der Waals surface area contributed by atoms with E-state index in [4.69, 9.17) is 0 Å². The lowest BCUT2D eigenvalue weighted by Crippen LogP contribution is -2.34. The fourth-order valence-electron chi connectivity index (χ4n) is 2.22. The van der Waals surface area contributed by atoms with Gasteiger partial charge in [-0.15, -0.1) is 12.4 Å². The largest absolute Gasteiger partial charge is 0.316 e. The first-order chi connectivity index (χ1) is 9.00. The Morgan fingerprint density at radius 2 is 2.25 bits per heavy atom. The number of aromatic nitrogens is 1. The van der Waals surface area contributed by atoms with E-state index in [2.05, 4.69) is 10.3 Å². The first kappa shape index (κ1) is 16.8. The number of hydrogen-bond donors (Lipinski definition) is 1. The Kier molecular flexibility index (Phi) is 5.85. The standard InChI is InChI=1S/C11H15N3O4S.ClH/c15-14(16)10-4-2-6-13-11(10)19(17,18)8-9-3-1-5-12-7-9;/h2,4,6,9,12H,1,3,5,7-8H2;1H. The van der Waals surface area contributed by atoms with Crippen LogP contribution in [0.2, 0.25) is 0 Å². The molecule has 9 heteroatoms. The monoisotopic (exact) mass is 321 g/mol. The van der Waals surface area contributed by atoms with Crippen molar-refractivity contribution in [2.24, 2.45) is 5.92 Å². The van der Waals surface area contributed by atoms with Crippen LogP contribution < -0.4 is 5.32 Å². The zero-order chi connectivity index (χ0) is 13.9. The molecule has 0 aliphatic carbocycles. The Balaban J connectivity index is 0.00000200. The normalized spacial score (nSPS) is 19.1. The highest BCUT2D eigenvalue weighted by atomic mass is 35.5. The van der Waals surface area contributed by atoms with Crippen molar-refractivity contribution in [3.05, 3.63) is 28.4 Å². The summed E-state index contributed by atoms with van der Waals surface area (Å²) in [7, 11) is -3.73. The van der Waals surface area contributed by atoms with Crippen molar-refractivity contribution < 1.29 is 13.3 Å². The Bertz CT molecular complexity index is 573. The first-order valence-electron chi connectivity index (χ1n) is 6.03. The molecule has 2 heterocycles. The number of pyridine rings is 1. The maximum Gasteiger partial charge on any atom is 0.306 e. The summed E-state index contributed by atoms with van der Waals surface area (Å²) in [5.41, 5.74) is -0.453. The molecule has 1 atom stereocenters. The lowest BCUT2D eigenvalue weighted by Gasteiger charge is -2.22. The lowest BCUT2D eigenvalue weighted by molar-refractivity contribution is -0.388. The third-order valence-corrected chi connectivity index (χ3v) is 4.91. The number of sulfone groups is 1. The molecule has 20 heavy (non-hydrogen) atoms. The highest BCUT2D eigenvalue weighted by molar-refractivity contribution is 7.91. The second kappa shape index (κ2) is 6.96. The SMILES string of the molecule is Cl.O=[N+]([O-])c1cccnc1S(=O)(=O)CC1CCCNC1. The van der Waals surface area contributed by atoms with E-state index in [9.17, 15) is 18.5 Å². The minimum absolute atomic E-state index is 0. The quantitative estimate of drug-likeness (QED) is 0.660. The van der Waals surface area contributed by atoms with Gasteiger partial charge in [0.25, 0.3) is 0 Å². The summed E-state index contributed by atoms with van der Waals surface area (Å²) in [4.78, 5) is 13.8. The van der Waals surface area contributed by atoms with Crippen LogP contribution in [0.4, 0.5) is 5.69 Å². The maximum atomic E-state index is 12.2. The molecule has 7 nitrogen and oxygen atoms in total. The molecule has 0 saturated carbocycles. The van der Waals surface area contributed by atoms with Crippen molar-refractivity contribution in [1.29, 1.82) is 0 Å². The van der Waals surface area contributed by atoms with Crippen molar-refractivity contribution in [2.45, 2.75) is 17.9 Å². The number of halogens is 1. The van der Waals surface area contributed by atoms with Crippen molar-refractivity contribution in [3.63, 3.8) is 0 Å². The fraction of sp³-hybridized carbons (Fsp3) is 0.545. The van der Waals surface area contributed by atoms with Gasteiger partial charge in [0.2, 0.25) is 14.9 Å². The van der Waals surface area contributed by atoms with E-state index in [-0.39, 0.29) is 24.1 Å². The summed E-state index contributed by atoms with van der Waals surface area (Å²) in [6, 6.07) is 2.53. The van der Waals surface area contributed by atoms with E-state index >= 15 is 0 Å². The molecule has 1 aliphatic rings. The van der Waals surface area contributed by atoms with Gasteiger partial charge in [0.15, 0.2) is 0 Å². The molecule has 0 spiro atoms. The molecular formula is C11H16ClN3O4S. The van der Waals surface area contributed by atoms with E-state index in [0.29, 0.717) is 6.54 Å². The molecule has 112 valence electrons. The first-order valence-corrected chi connectivity index (χ1v) is 7.69. The number of nitrogens with zero attached hydrogens (tertiary/aromatic N) is 2. The van der Waals surface area contributed by atoms with Crippen LogP contribution in [0.1, 0.15) is 12.8 Å². The van der Waals surface area contributed by atoms with Gasteiger partial charge in [0, 0.05) is 12.3 Å². The van der Waals surface area contributed by atoms with Crippen LogP contribution in [-0.4, -0.2) is 37.2 Å². The fourth-order valence-corrected chi connectivity index (χ4v) is 3.96. The minimum Gasteiger partial charge on any atom is -0.316 e. The summed E-state index contributed by atoms with van der Waals surface area (Å²) >= 11 is 0. The van der Waals surface area contributed by atoms with Gasteiger partial charge < -0.3 is 5.32 Å². The van der Waals surface area contributed by atoms with Crippen LogP contribution in [-0.2, 0) is 9.84 Å². The van der Waals surface area contributed by atoms with E-state index in [0.717, 1.165) is 19.4 Å². The number of piperidine rings is 1. The summed E-state index contributed by atoms with van der Waals surface area (Å²) in [5, 5.41) is 13.6. The average Bonchev–Trinajstić information content (AvgIpc) is 2.39. The second-order valence-corrected chi connectivity index (χ2v) is 6.53. The Labute approximate surface area is 123 Å². The number of nitrogens with one attached hydrogen (secondary N) is 1. The van der Waals surface area contributed by atoms with Crippen molar-refractivity contribution in [2.75, 3.05) is 18.8 Å². The van der Waals surface area contributed by atoms with Crippen LogP contribution >= 0.6 is 12.4 Å². The molecule has 0 radical (unpaired) electrons. The molecule has 1 aliphatic heterocycles. The van der Waals surface area contributed by atoms with Crippen molar-refractivity contribution >= 4 is 27.9 Å². The molecule has 1 unspecified atom stereocenters. The van der Waals surface area contributed by atoms with Crippen LogP contribution in [0.15, 0.2) is 23.4 Å². The van der Waals surface area contributed by atoms with Gasteiger partial charge in [-0.2, -0.15) is 0 Å². The van der Waals surface area contributed by atoms with Gasteiger partial charge in [-0.1, -0.05) is 0 Å². The zero-order valence-corrected chi connectivity index (χ0v) is 12.3. The van der Waals surface area contributed by atoms with E-state index in [1.807, 2.05) is 0 Å². The summed E-state index contributed by atoms with van der Waals surface area (Å²) in [6.45, 7) is 1.51. The maximum absolute atomic E-state index is 12.2. The molecule has 1 aromatic rings. The Hall–Kier alpha value is -1.25. The topological polar surface area (TPSA) is 102 Å². The van der Waals surface area contributed by atoms with Gasteiger partial charge in [-0.3, -0.25) is 10.1 Å². The van der Waals surface area contributed by atoms with Gasteiger partial charge in [0.05, 0.1) is 10.7 Å². The molecule has 0 amide bonds. The van der Waals surface area contributed by atoms with Gasteiger partial charge in [-0.05, 0) is 37.9 Å². The van der Waals surface area contributed by atoms with E-state index in [1.54, 1.807) is 0 Å². The van der Waals surface area contributed by atoms with Gasteiger partial charge in [-0.25, -0.2) is 13.4 Å². The Morgan fingerprint density at radius 1 is 1.50 bits per heavy atom. The predicted molar refractivity (Wildman–Crippen MR) is 75.8 cm³/mol. The predicted octanol–water partition coefficient (Wildman–Crippen LogP) is 1.18. The number of nitro groups is 1. The number of rotatable bonds is 4. The molecule has 0 bridgehead atoms. The third-order valence-electron chi connectivity index (χ3n) is 3.10. The minimum atomic E-state index is -3.73. The average molecular weight is 322 g/mol. The molecule has 1 aromatic heterocycles. The molecular weight excluding hydrogens is 306 g/mol. The van der Waals surface area contributed by atoms with Crippen molar-refractivity contribution in [3.8, 4) is 0 Å². The molecule has 2 rings (SSSR count). The Morgan fingerprint density at radius 3 is 2.85 bits per heavy atom. The van der Waals surface area contributed by atoms with Crippen LogP contribution in [0.25, 0.3) is 0 Å². The molecule has 1 saturated heterocycles. The zero-order valence-electron chi connectivity index (χ0n) is 10.7. The summed E-state index contributed by atoms with van der Waals surface area (Å²) < 4.78 is 24.5. The van der Waals surface area contributed by atoms with Crippen LogP contribution in [0.3, 0.4) is 0 Å². The van der Waals surface area contributed by atoms with Gasteiger partial charge in [0.1, 0.15) is 0 Å². The highest BCUT2D eigenvalue weighted by Crippen LogP contribution is 2.24. The van der Waals surface area contributed by atoms with Gasteiger partial charge >= 0.3 is 5.69 Å². The molecule has 0 aromatic carbocycles. The van der Waals surface area contributed by atoms with Crippen molar-refractivity contribution in [1.82, 2.24) is 10.3 Å². The second-order valence-electron chi connectivity index (χ2n) is 4.58. The van der Waals surface area contributed by atoms with E-state index < -0.39 is 25.5 Å². The van der Waals surface area contributed by atoms with E-state index in [1.165, 1.54) is 18.3 Å². The smallest absolute Gasteiger partial charge is 0.306 e. The highest BCUT2D eigenvalue weighted by Gasteiger charge is 2.30. The lowest BCUT2D eigenvalue weighted by atomic mass is 10.0.